The van der Waals surface area contributed by atoms with Crippen molar-refractivity contribution in [1.29, 1.82) is 0 Å². The number of thioether (sulfide) groups is 1. The fourth-order valence-corrected chi connectivity index (χ4v) is 4.33. The van der Waals surface area contributed by atoms with Crippen molar-refractivity contribution in [2.24, 2.45) is 5.92 Å². The molecule has 0 heterocycles. The maximum atomic E-state index is 5.12. The van der Waals surface area contributed by atoms with E-state index >= 15 is 0 Å². The van der Waals surface area contributed by atoms with Gasteiger partial charge in [-0.2, -0.15) is 11.8 Å². The third kappa shape index (κ3) is 5.62. The second kappa shape index (κ2) is 9.23. The van der Waals surface area contributed by atoms with Gasteiger partial charge in [-0.25, -0.2) is 0 Å². The Morgan fingerprint density at radius 1 is 1.35 bits per heavy atom. The molecule has 102 valence electrons. The van der Waals surface area contributed by atoms with Crippen molar-refractivity contribution in [2.75, 3.05) is 26.5 Å². The zero-order valence-electron chi connectivity index (χ0n) is 11.7. The molecule has 3 heteroatoms. The Morgan fingerprint density at radius 2 is 2.18 bits per heavy atom. The first-order valence-corrected chi connectivity index (χ1v) is 8.14. The summed E-state index contributed by atoms with van der Waals surface area (Å²) in [4.78, 5) is 0. The lowest BCUT2D eigenvalue weighted by atomic mass is 9.83. The standard InChI is InChI=1S/C14H29NOS/c1-4-6-12-7-8-13(15-2)14(11-12)17-10-5-9-16-3/h12-15H,4-11H2,1-3H3. The molecular formula is C14H29NOS. The maximum absolute atomic E-state index is 5.12. The van der Waals surface area contributed by atoms with Crippen LogP contribution in [0.5, 0.6) is 0 Å². The van der Waals surface area contributed by atoms with Crippen LogP contribution in [0.3, 0.4) is 0 Å². The molecule has 0 aromatic rings. The quantitative estimate of drug-likeness (QED) is 0.676. The molecule has 0 spiro atoms. The zero-order valence-corrected chi connectivity index (χ0v) is 12.5. The van der Waals surface area contributed by atoms with Crippen LogP contribution in [0.25, 0.3) is 0 Å². The van der Waals surface area contributed by atoms with Crippen LogP contribution in [0, 0.1) is 5.92 Å². The van der Waals surface area contributed by atoms with Crippen LogP contribution in [0.2, 0.25) is 0 Å². The minimum absolute atomic E-state index is 0.732. The Kier molecular flexibility index (Phi) is 8.33. The summed E-state index contributed by atoms with van der Waals surface area (Å²) in [7, 11) is 3.91. The van der Waals surface area contributed by atoms with Crippen molar-refractivity contribution in [3.63, 3.8) is 0 Å². The lowest BCUT2D eigenvalue weighted by Crippen LogP contribution is -2.41. The van der Waals surface area contributed by atoms with Gasteiger partial charge in [0.1, 0.15) is 0 Å². The van der Waals surface area contributed by atoms with Gasteiger partial charge in [-0.05, 0) is 44.4 Å². The highest BCUT2D eigenvalue weighted by molar-refractivity contribution is 7.99. The van der Waals surface area contributed by atoms with Crippen LogP contribution in [0.1, 0.15) is 45.4 Å². The Balaban J connectivity index is 2.29. The van der Waals surface area contributed by atoms with Gasteiger partial charge in [0, 0.05) is 25.0 Å². The first kappa shape index (κ1) is 15.3. The third-order valence-electron chi connectivity index (χ3n) is 3.79. The summed E-state index contributed by atoms with van der Waals surface area (Å²) < 4.78 is 5.12. The fourth-order valence-electron chi connectivity index (χ4n) is 2.83. The van der Waals surface area contributed by atoms with Gasteiger partial charge in [0.05, 0.1) is 0 Å². The minimum atomic E-state index is 0.732. The molecule has 1 rings (SSSR count). The summed E-state index contributed by atoms with van der Waals surface area (Å²) in [6.45, 7) is 3.22. The number of ether oxygens (including phenoxy) is 1. The third-order valence-corrected chi connectivity index (χ3v) is 5.27. The largest absolute Gasteiger partial charge is 0.385 e. The van der Waals surface area contributed by atoms with Crippen molar-refractivity contribution in [2.45, 2.75) is 56.7 Å². The normalized spacial score (nSPS) is 29.5. The van der Waals surface area contributed by atoms with E-state index in [0.29, 0.717) is 0 Å². The van der Waals surface area contributed by atoms with Crippen LogP contribution in [-0.4, -0.2) is 37.8 Å². The Bertz CT molecular complexity index is 189. The molecule has 3 atom stereocenters. The van der Waals surface area contributed by atoms with E-state index in [2.05, 4.69) is 31.1 Å². The van der Waals surface area contributed by atoms with E-state index in [1.807, 2.05) is 0 Å². The monoisotopic (exact) mass is 259 g/mol. The average molecular weight is 259 g/mol. The van der Waals surface area contributed by atoms with E-state index in [9.17, 15) is 0 Å². The van der Waals surface area contributed by atoms with Crippen LogP contribution in [0.4, 0.5) is 0 Å². The zero-order chi connectivity index (χ0) is 12.5. The lowest BCUT2D eigenvalue weighted by molar-refractivity contribution is 0.200. The predicted octanol–water partition coefficient (Wildman–Crippen LogP) is 3.31. The van der Waals surface area contributed by atoms with Gasteiger partial charge in [0.15, 0.2) is 0 Å². The molecule has 0 aromatic carbocycles. The van der Waals surface area contributed by atoms with Crippen LogP contribution >= 0.6 is 11.8 Å². The number of nitrogens with one attached hydrogen (secondary N) is 1. The topological polar surface area (TPSA) is 21.3 Å². The van der Waals surface area contributed by atoms with Gasteiger partial charge < -0.3 is 10.1 Å². The lowest BCUT2D eigenvalue weighted by Gasteiger charge is -2.35. The molecule has 0 aliphatic heterocycles. The van der Waals surface area contributed by atoms with Gasteiger partial charge in [-0.15, -0.1) is 0 Å². The average Bonchev–Trinajstić information content (AvgIpc) is 2.35. The van der Waals surface area contributed by atoms with E-state index in [1.54, 1.807) is 7.11 Å². The molecule has 0 bridgehead atoms. The van der Waals surface area contributed by atoms with Crippen LogP contribution in [0.15, 0.2) is 0 Å². The van der Waals surface area contributed by atoms with Crippen molar-refractivity contribution in [3.8, 4) is 0 Å². The highest BCUT2D eigenvalue weighted by atomic mass is 32.2. The van der Waals surface area contributed by atoms with Gasteiger partial charge in [0.2, 0.25) is 0 Å². The summed E-state index contributed by atoms with van der Waals surface area (Å²) >= 11 is 2.16. The van der Waals surface area contributed by atoms with Gasteiger partial charge in [-0.1, -0.05) is 19.8 Å². The van der Waals surface area contributed by atoms with Gasteiger partial charge in [-0.3, -0.25) is 0 Å². The highest BCUT2D eigenvalue weighted by Crippen LogP contribution is 2.34. The summed E-state index contributed by atoms with van der Waals surface area (Å²) in [5.41, 5.74) is 0. The number of rotatable bonds is 8. The molecule has 1 saturated carbocycles. The smallest absolute Gasteiger partial charge is 0.0470 e. The maximum Gasteiger partial charge on any atom is 0.0470 e. The molecule has 0 radical (unpaired) electrons. The number of hydrogen-bond acceptors (Lipinski definition) is 3. The molecule has 2 nitrogen and oxygen atoms in total. The molecule has 17 heavy (non-hydrogen) atoms. The number of hydrogen-bond donors (Lipinski definition) is 1. The van der Waals surface area contributed by atoms with Gasteiger partial charge in [0.25, 0.3) is 0 Å². The van der Waals surface area contributed by atoms with E-state index in [1.165, 1.54) is 44.3 Å². The SMILES string of the molecule is CCCC1CCC(NC)C(SCCCOC)C1. The summed E-state index contributed by atoms with van der Waals surface area (Å²) in [6.07, 6.45) is 8.16. The van der Waals surface area contributed by atoms with Crippen molar-refractivity contribution < 1.29 is 4.74 Å². The first-order valence-electron chi connectivity index (χ1n) is 7.09. The van der Waals surface area contributed by atoms with Crippen molar-refractivity contribution in [3.05, 3.63) is 0 Å². The molecule has 1 aliphatic carbocycles. The summed E-state index contributed by atoms with van der Waals surface area (Å²) in [5, 5.41) is 4.33. The first-order chi connectivity index (χ1) is 8.31. The van der Waals surface area contributed by atoms with Crippen LogP contribution in [-0.2, 0) is 4.74 Å². The summed E-state index contributed by atoms with van der Waals surface area (Å²) in [6, 6.07) is 0.732. The van der Waals surface area contributed by atoms with E-state index in [4.69, 9.17) is 4.74 Å². The minimum Gasteiger partial charge on any atom is -0.385 e. The fraction of sp³-hybridized carbons (Fsp3) is 1.00. The Hall–Kier alpha value is 0.270. The predicted molar refractivity (Wildman–Crippen MR) is 77.8 cm³/mol. The molecular weight excluding hydrogens is 230 g/mol. The van der Waals surface area contributed by atoms with Crippen molar-refractivity contribution in [1.82, 2.24) is 5.32 Å². The van der Waals surface area contributed by atoms with Crippen LogP contribution < -0.4 is 5.32 Å². The van der Waals surface area contributed by atoms with Gasteiger partial charge >= 0.3 is 0 Å². The molecule has 0 amide bonds. The van der Waals surface area contributed by atoms with E-state index < -0.39 is 0 Å². The highest BCUT2D eigenvalue weighted by Gasteiger charge is 2.29. The molecule has 0 aromatic heterocycles. The molecule has 1 fully saturated rings. The molecule has 1 aliphatic rings. The summed E-state index contributed by atoms with van der Waals surface area (Å²) in [5.74, 6) is 2.22. The molecule has 3 unspecified atom stereocenters. The molecule has 1 N–H and O–H groups in total. The second-order valence-corrected chi connectivity index (χ2v) is 6.47. The second-order valence-electron chi connectivity index (χ2n) is 5.12. The van der Waals surface area contributed by atoms with E-state index in [0.717, 1.165) is 23.8 Å². The number of methoxy groups -OCH3 is 1. The van der Waals surface area contributed by atoms with Crippen molar-refractivity contribution >= 4 is 11.8 Å². The van der Waals surface area contributed by atoms with E-state index in [-0.39, 0.29) is 0 Å². The Labute approximate surface area is 111 Å². The Morgan fingerprint density at radius 3 is 2.82 bits per heavy atom. The molecule has 0 saturated heterocycles.